The number of esters is 1. The molecule has 0 saturated heterocycles. The summed E-state index contributed by atoms with van der Waals surface area (Å²) in [5.74, 6) is -0.274. The zero-order valence-electron chi connectivity index (χ0n) is 20.3. The molecule has 0 amide bonds. The van der Waals surface area contributed by atoms with Crippen molar-refractivity contribution in [1.29, 1.82) is 0 Å². The van der Waals surface area contributed by atoms with E-state index in [0.717, 1.165) is 57.8 Å². The Bertz CT molecular complexity index is 601. The number of hydrogen-bond acceptors (Lipinski definition) is 5. The number of aliphatic hydroxyl groups excluding tert-OH is 1. The molecule has 1 rings (SSSR count). The van der Waals surface area contributed by atoms with Crippen molar-refractivity contribution in [1.82, 2.24) is 0 Å². The first-order valence-corrected chi connectivity index (χ1v) is 12.2. The normalized spacial score (nSPS) is 22.8. The fourth-order valence-corrected chi connectivity index (χ4v) is 4.04. The van der Waals surface area contributed by atoms with Gasteiger partial charge in [-0.1, -0.05) is 45.1 Å². The molecule has 1 aliphatic carbocycles. The van der Waals surface area contributed by atoms with E-state index >= 15 is 0 Å². The van der Waals surface area contributed by atoms with Crippen molar-refractivity contribution in [3.05, 3.63) is 12.2 Å². The van der Waals surface area contributed by atoms with E-state index in [4.69, 9.17) is 4.74 Å². The van der Waals surface area contributed by atoms with Gasteiger partial charge >= 0.3 is 5.97 Å². The zero-order chi connectivity index (χ0) is 23.4. The highest BCUT2D eigenvalue weighted by Gasteiger charge is 2.39. The molecule has 0 heterocycles. The van der Waals surface area contributed by atoms with Gasteiger partial charge in [-0.25, -0.2) is 0 Å². The van der Waals surface area contributed by atoms with Gasteiger partial charge in [0.25, 0.3) is 0 Å². The molecule has 0 aromatic rings. The highest BCUT2D eigenvalue weighted by Crippen LogP contribution is 2.34. The van der Waals surface area contributed by atoms with E-state index in [9.17, 15) is 19.5 Å². The first-order valence-electron chi connectivity index (χ1n) is 12.2. The number of ether oxygens (including phenoxy) is 1. The highest BCUT2D eigenvalue weighted by molar-refractivity contribution is 5.84. The van der Waals surface area contributed by atoms with Crippen LogP contribution in [0.1, 0.15) is 105 Å². The van der Waals surface area contributed by atoms with Gasteiger partial charge in [-0.3, -0.25) is 9.59 Å². The van der Waals surface area contributed by atoms with Crippen molar-refractivity contribution < 1.29 is 24.2 Å². The molecule has 178 valence electrons. The summed E-state index contributed by atoms with van der Waals surface area (Å²) in [6.45, 7) is 9.27. The van der Waals surface area contributed by atoms with Gasteiger partial charge in [-0.2, -0.15) is 0 Å². The Labute approximate surface area is 189 Å². The van der Waals surface area contributed by atoms with Crippen molar-refractivity contribution in [2.75, 3.05) is 0 Å². The van der Waals surface area contributed by atoms with E-state index in [-0.39, 0.29) is 41.9 Å². The molecule has 1 saturated carbocycles. The number of aliphatic hydroxyl groups is 1. The van der Waals surface area contributed by atoms with Gasteiger partial charge in [0.1, 0.15) is 17.7 Å². The number of Topliss-reactive ketones (excluding diaryl/α,β-unsaturated/α-hetero) is 2. The van der Waals surface area contributed by atoms with Gasteiger partial charge in [-0.15, -0.1) is 0 Å². The van der Waals surface area contributed by atoms with Gasteiger partial charge in [-0.05, 0) is 59.5 Å². The number of carbonyl (C=O) groups excluding carboxylic acids is 3. The molecule has 0 aromatic carbocycles. The van der Waals surface area contributed by atoms with Gasteiger partial charge in [0.15, 0.2) is 0 Å². The Kier molecular flexibility index (Phi) is 12.3. The topological polar surface area (TPSA) is 80.7 Å². The van der Waals surface area contributed by atoms with Crippen LogP contribution in [0.15, 0.2) is 12.2 Å². The lowest BCUT2D eigenvalue weighted by molar-refractivity contribution is -0.156. The van der Waals surface area contributed by atoms with Crippen LogP contribution in [-0.2, 0) is 19.1 Å². The first kappa shape index (κ1) is 27.5. The fraction of sp³-hybridized carbons (Fsp3) is 0.808. The minimum absolute atomic E-state index is 0.125. The summed E-state index contributed by atoms with van der Waals surface area (Å²) in [4.78, 5) is 35.8. The maximum atomic E-state index is 12.4. The van der Waals surface area contributed by atoms with Crippen LogP contribution in [0, 0.1) is 17.3 Å². The van der Waals surface area contributed by atoms with Crippen molar-refractivity contribution in [2.24, 2.45) is 17.3 Å². The summed E-state index contributed by atoms with van der Waals surface area (Å²) in [6, 6.07) is 0. The predicted octanol–water partition coefficient (Wildman–Crippen LogP) is 5.58. The third-order valence-electron chi connectivity index (χ3n) is 6.04. The number of rotatable bonds is 14. The molecule has 1 fully saturated rings. The molecule has 1 aliphatic rings. The molecular formula is C26H44O5. The lowest BCUT2D eigenvalue weighted by Crippen LogP contribution is -2.28. The maximum absolute atomic E-state index is 12.4. The Hall–Kier alpha value is -1.49. The third-order valence-corrected chi connectivity index (χ3v) is 6.04. The first-order chi connectivity index (χ1) is 14.6. The van der Waals surface area contributed by atoms with E-state index in [1.165, 1.54) is 0 Å². The predicted molar refractivity (Wildman–Crippen MR) is 124 cm³/mol. The molecule has 0 aromatic heterocycles. The summed E-state index contributed by atoms with van der Waals surface area (Å²) in [5.41, 5.74) is -0.565. The largest absolute Gasteiger partial charge is 0.458 e. The van der Waals surface area contributed by atoms with E-state index in [1.54, 1.807) is 6.92 Å². The van der Waals surface area contributed by atoms with Crippen molar-refractivity contribution in [3.8, 4) is 0 Å². The number of hydrogen-bond donors (Lipinski definition) is 1. The smallest absolute Gasteiger partial charge is 0.311 e. The summed E-state index contributed by atoms with van der Waals surface area (Å²) >= 11 is 0. The Morgan fingerprint density at radius 3 is 2.42 bits per heavy atom. The molecule has 0 aliphatic heterocycles. The van der Waals surface area contributed by atoms with Crippen LogP contribution in [0.3, 0.4) is 0 Å². The maximum Gasteiger partial charge on any atom is 0.311 e. The highest BCUT2D eigenvalue weighted by atomic mass is 16.5. The van der Waals surface area contributed by atoms with Crippen LogP contribution in [0.25, 0.3) is 0 Å². The monoisotopic (exact) mass is 436 g/mol. The molecular weight excluding hydrogens is 392 g/mol. The van der Waals surface area contributed by atoms with E-state index in [2.05, 4.69) is 6.92 Å². The quantitative estimate of drug-likeness (QED) is 0.218. The second-order valence-electron chi connectivity index (χ2n) is 10.2. The van der Waals surface area contributed by atoms with Crippen molar-refractivity contribution >= 4 is 17.5 Å². The minimum atomic E-state index is -0.666. The Balaban J connectivity index is 2.70. The fourth-order valence-electron chi connectivity index (χ4n) is 4.04. The standard InChI is InChI=1S/C26H44O5/c1-6-7-10-14-20(31-25(30)26(3,4)5)16-17-22-21(23(28)18-24(22)29)15-12-9-8-11-13-19(2)27/h16-17,20-22,24,29H,6-15,18H2,1-5H3/b17-16+/t20-,21+,22+,24+/m0/s1. The summed E-state index contributed by atoms with van der Waals surface area (Å²) in [7, 11) is 0. The summed E-state index contributed by atoms with van der Waals surface area (Å²) in [6.07, 6.45) is 12.1. The zero-order valence-corrected chi connectivity index (χ0v) is 20.3. The Morgan fingerprint density at radius 2 is 1.81 bits per heavy atom. The van der Waals surface area contributed by atoms with Crippen molar-refractivity contribution in [3.63, 3.8) is 0 Å². The summed E-state index contributed by atoms with van der Waals surface area (Å²) in [5, 5.41) is 10.5. The number of unbranched alkanes of at least 4 members (excludes halogenated alkanes) is 5. The SMILES string of the molecule is CCCCC[C@@H](/C=C/[C@H]1[C@H](O)CC(=O)[C@@H]1CCCCCCC(C)=O)OC(=O)C(C)(C)C. The molecule has 5 heteroatoms. The van der Waals surface area contributed by atoms with Crippen LogP contribution < -0.4 is 0 Å². The summed E-state index contributed by atoms with van der Waals surface area (Å²) < 4.78 is 5.74. The van der Waals surface area contributed by atoms with Crippen LogP contribution in [0.4, 0.5) is 0 Å². The van der Waals surface area contributed by atoms with Crippen LogP contribution >= 0.6 is 0 Å². The van der Waals surface area contributed by atoms with Crippen LogP contribution in [0.5, 0.6) is 0 Å². The van der Waals surface area contributed by atoms with Gasteiger partial charge in [0.05, 0.1) is 11.5 Å². The van der Waals surface area contributed by atoms with E-state index in [1.807, 2.05) is 32.9 Å². The molecule has 0 spiro atoms. The molecule has 0 bridgehead atoms. The van der Waals surface area contributed by atoms with Crippen molar-refractivity contribution in [2.45, 2.75) is 117 Å². The lowest BCUT2D eigenvalue weighted by Gasteiger charge is -2.23. The molecule has 31 heavy (non-hydrogen) atoms. The minimum Gasteiger partial charge on any atom is -0.458 e. The van der Waals surface area contributed by atoms with E-state index in [0.29, 0.717) is 6.42 Å². The van der Waals surface area contributed by atoms with Gasteiger partial charge in [0, 0.05) is 24.7 Å². The molecule has 4 atom stereocenters. The van der Waals surface area contributed by atoms with Crippen LogP contribution in [0.2, 0.25) is 0 Å². The average Bonchev–Trinajstić information content (AvgIpc) is 2.94. The second kappa shape index (κ2) is 13.8. The molecule has 1 N–H and O–H groups in total. The second-order valence-corrected chi connectivity index (χ2v) is 10.2. The van der Waals surface area contributed by atoms with Gasteiger partial charge in [0.2, 0.25) is 0 Å². The number of ketones is 2. The molecule has 5 nitrogen and oxygen atoms in total. The van der Waals surface area contributed by atoms with Crippen LogP contribution in [-0.4, -0.2) is 34.9 Å². The molecule has 0 radical (unpaired) electrons. The lowest BCUT2D eigenvalue weighted by atomic mass is 9.88. The number of carbonyl (C=O) groups is 3. The van der Waals surface area contributed by atoms with E-state index < -0.39 is 11.5 Å². The third kappa shape index (κ3) is 10.6. The average molecular weight is 437 g/mol. The Morgan fingerprint density at radius 1 is 1.13 bits per heavy atom. The molecule has 0 unspecified atom stereocenters. The van der Waals surface area contributed by atoms with Gasteiger partial charge < -0.3 is 14.6 Å².